The van der Waals surface area contributed by atoms with Gasteiger partial charge in [-0.25, -0.2) is 0 Å². The van der Waals surface area contributed by atoms with Gasteiger partial charge in [0.1, 0.15) is 5.76 Å². The molecule has 0 saturated heterocycles. The van der Waals surface area contributed by atoms with Gasteiger partial charge in [-0.1, -0.05) is 11.8 Å². The number of hydrogen-bond acceptors (Lipinski definition) is 4. The van der Waals surface area contributed by atoms with Crippen LogP contribution in [0.5, 0.6) is 0 Å². The molecule has 0 radical (unpaired) electrons. The Balaban J connectivity index is 2.10. The Kier molecular flexibility index (Phi) is 4.99. The Bertz CT molecular complexity index is 620. The van der Waals surface area contributed by atoms with Crippen LogP contribution < -0.4 is 5.73 Å². The van der Waals surface area contributed by atoms with Crippen molar-refractivity contribution in [1.29, 1.82) is 0 Å². The third kappa shape index (κ3) is 3.50. The summed E-state index contributed by atoms with van der Waals surface area (Å²) in [5.74, 6) is 6.48. The van der Waals surface area contributed by atoms with Gasteiger partial charge in [0, 0.05) is 11.9 Å². The quantitative estimate of drug-likeness (QED) is 0.878. The fourth-order valence-corrected chi connectivity index (χ4v) is 2.50. The zero-order valence-corrected chi connectivity index (χ0v) is 12.1. The zero-order chi connectivity index (χ0) is 14.4. The summed E-state index contributed by atoms with van der Waals surface area (Å²) in [6.07, 6.45) is 1.61. The number of nitrogens with two attached hydrogens (primary N) is 1. The van der Waals surface area contributed by atoms with Crippen LogP contribution in [0.25, 0.3) is 0 Å². The molecule has 0 aliphatic carbocycles. The molecule has 2 N–H and O–H groups in total. The number of hydrogen-bond donors (Lipinski definition) is 1. The second kappa shape index (κ2) is 6.94. The van der Waals surface area contributed by atoms with Crippen LogP contribution in [0.3, 0.4) is 0 Å². The molecule has 0 aliphatic rings. The normalized spacial score (nSPS) is 9.90. The lowest BCUT2D eigenvalue weighted by Crippen LogP contribution is -2.29. The van der Waals surface area contributed by atoms with Crippen LogP contribution in [0.4, 0.5) is 0 Å². The lowest BCUT2D eigenvalue weighted by molar-refractivity contribution is 0.0742. The maximum Gasteiger partial charge on any atom is 0.255 e. The van der Waals surface area contributed by atoms with Gasteiger partial charge in [0.25, 0.3) is 5.91 Å². The second-order valence-electron chi connectivity index (χ2n) is 4.10. The second-order valence-corrected chi connectivity index (χ2v) is 5.02. The summed E-state index contributed by atoms with van der Waals surface area (Å²) >= 11 is 1.45. The van der Waals surface area contributed by atoms with E-state index in [-0.39, 0.29) is 5.91 Å². The molecule has 2 rings (SSSR count). The average Bonchev–Trinajstić information content (AvgIpc) is 3.13. The van der Waals surface area contributed by atoms with Crippen molar-refractivity contribution in [3.63, 3.8) is 0 Å². The van der Waals surface area contributed by atoms with E-state index in [9.17, 15) is 4.79 Å². The summed E-state index contributed by atoms with van der Waals surface area (Å²) in [5.41, 5.74) is 5.99. The van der Waals surface area contributed by atoms with Crippen molar-refractivity contribution >= 4 is 17.2 Å². The van der Waals surface area contributed by atoms with Gasteiger partial charge in [-0.2, -0.15) is 0 Å². The molecular formula is C15H16N2O2S. The maximum absolute atomic E-state index is 12.4. The summed E-state index contributed by atoms with van der Waals surface area (Å²) in [4.78, 5) is 15.0. The average molecular weight is 288 g/mol. The minimum Gasteiger partial charge on any atom is -0.467 e. The predicted molar refractivity (Wildman–Crippen MR) is 79.4 cm³/mol. The molecule has 0 fully saturated rings. The molecule has 104 valence electrons. The van der Waals surface area contributed by atoms with Crippen LogP contribution in [0.15, 0.2) is 34.3 Å². The number of carbonyl (C=O) groups is 1. The summed E-state index contributed by atoms with van der Waals surface area (Å²) in [6.45, 7) is 3.37. The highest BCUT2D eigenvalue weighted by atomic mass is 32.1. The van der Waals surface area contributed by atoms with E-state index >= 15 is 0 Å². The fraction of sp³-hybridized carbons (Fsp3) is 0.267. The number of furan rings is 1. The lowest BCUT2D eigenvalue weighted by atomic mass is 10.2. The van der Waals surface area contributed by atoms with Crippen LogP contribution in [0.1, 0.15) is 27.9 Å². The number of rotatable bonds is 4. The van der Waals surface area contributed by atoms with Crippen molar-refractivity contribution in [1.82, 2.24) is 4.90 Å². The smallest absolute Gasteiger partial charge is 0.255 e. The summed E-state index contributed by atoms with van der Waals surface area (Å²) in [6, 6.07) is 5.49. The van der Waals surface area contributed by atoms with E-state index in [0.29, 0.717) is 25.2 Å². The highest BCUT2D eigenvalue weighted by Gasteiger charge is 2.16. The standard InChI is InChI=1S/C15H16N2O2S/c1-2-17(10-13-5-4-8-19-13)15(18)12-9-14(20-11-12)6-3-7-16/h4-5,8-9,11H,2,7,10,16H2,1H3. The summed E-state index contributed by atoms with van der Waals surface area (Å²) in [5, 5.41) is 1.83. The first kappa shape index (κ1) is 14.4. The first-order valence-electron chi connectivity index (χ1n) is 6.33. The molecule has 0 spiro atoms. The molecule has 2 aromatic heterocycles. The van der Waals surface area contributed by atoms with Crippen molar-refractivity contribution in [3.05, 3.63) is 46.0 Å². The van der Waals surface area contributed by atoms with Crippen molar-refractivity contribution in [2.75, 3.05) is 13.1 Å². The Labute approximate surface area is 122 Å². The van der Waals surface area contributed by atoms with Crippen LogP contribution in [-0.4, -0.2) is 23.9 Å². The van der Waals surface area contributed by atoms with Gasteiger partial charge >= 0.3 is 0 Å². The summed E-state index contributed by atoms with van der Waals surface area (Å²) in [7, 11) is 0. The molecular weight excluding hydrogens is 272 g/mol. The van der Waals surface area contributed by atoms with E-state index in [4.69, 9.17) is 10.2 Å². The molecule has 0 aliphatic heterocycles. The molecule has 0 atom stereocenters. The van der Waals surface area contributed by atoms with Gasteiger partial charge in [-0.05, 0) is 25.1 Å². The van der Waals surface area contributed by atoms with E-state index in [0.717, 1.165) is 10.6 Å². The fourth-order valence-electron chi connectivity index (χ4n) is 1.75. The number of nitrogens with zero attached hydrogens (tertiary/aromatic N) is 1. The molecule has 0 saturated carbocycles. The van der Waals surface area contributed by atoms with Crippen LogP contribution in [0, 0.1) is 11.8 Å². The maximum atomic E-state index is 12.4. The lowest BCUT2D eigenvalue weighted by Gasteiger charge is -2.18. The van der Waals surface area contributed by atoms with Gasteiger partial charge in [0.15, 0.2) is 0 Å². The topological polar surface area (TPSA) is 59.5 Å². The van der Waals surface area contributed by atoms with Crippen LogP contribution in [-0.2, 0) is 6.54 Å². The number of carbonyl (C=O) groups excluding carboxylic acids is 1. The van der Waals surface area contributed by atoms with E-state index in [1.807, 2.05) is 24.4 Å². The first-order valence-corrected chi connectivity index (χ1v) is 7.21. The van der Waals surface area contributed by atoms with E-state index in [1.54, 1.807) is 17.2 Å². The molecule has 0 bridgehead atoms. The van der Waals surface area contributed by atoms with Crippen molar-refractivity contribution in [2.45, 2.75) is 13.5 Å². The molecule has 0 unspecified atom stereocenters. The largest absolute Gasteiger partial charge is 0.467 e. The molecule has 0 aromatic carbocycles. The van der Waals surface area contributed by atoms with Gasteiger partial charge in [-0.3, -0.25) is 4.79 Å². The van der Waals surface area contributed by atoms with Crippen LogP contribution >= 0.6 is 11.3 Å². The monoisotopic (exact) mass is 288 g/mol. The van der Waals surface area contributed by atoms with Gasteiger partial charge in [0.2, 0.25) is 0 Å². The molecule has 1 amide bonds. The third-order valence-electron chi connectivity index (χ3n) is 2.76. The predicted octanol–water partition coefficient (Wildman–Crippen LogP) is 2.31. The van der Waals surface area contributed by atoms with E-state index in [2.05, 4.69) is 11.8 Å². The molecule has 2 aromatic rings. The van der Waals surface area contributed by atoms with Gasteiger partial charge in [-0.15, -0.1) is 11.3 Å². The van der Waals surface area contributed by atoms with Crippen LogP contribution in [0.2, 0.25) is 0 Å². The Morgan fingerprint density at radius 3 is 3.05 bits per heavy atom. The number of amides is 1. The summed E-state index contributed by atoms with van der Waals surface area (Å²) < 4.78 is 5.28. The Morgan fingerprint density at radius 2 is 2.40 bits per heavy atom. The molecule has 2 heterocycles. The van der Waals surface area contributed by atoms with E-state index < -0.39 is 0 Å². The highest BCUT2D eigenvalue weighted by molar-refractivity contribution is 7.10. The SMILES string of the molecule is CCN(Cc1ccco1)C(=O)c1csc(C#CCN)c1. The van der Waals surface area contributed by atoms with Gasteiger partial charge in [0.05, 0.1) is 29.8 Å². The Hall–Kier alpha value is -2.03. The van der Waals surface area contributed by atoms with Crippen molar-refractivity contribution in [2.24, 2.45) is 5.73 Å². The van der Waals surface area contributed by atoms with E-state index in [1.165, 1.54) is 11.3 Å². The molecule has 4 nitrogen and oxygen atoms in total. The highest BCUT2D eigenvalue weighted by Crippen LogP contribution is 2.17. The number of thiophene rings is 1. The minimum absolute atomic E-state index is 0.0130. The minimum atomic E-state index is -0.0130. The first-order chi connectivity index (χ1) is 9.74. The molecule has 20 heavy (non-hydrogen) atoms. The Morgan fingerprint density at radius 1 is 1.55 bits per heavy atom. The zero-order valence-electron chi connectivity index (χ0n) is 11.3. The molecule has 5 heteroatoms. The van der Waals surface area contributed by atoms with Crippen molar-refractivity contribution < 1.29 is 9.21 Å². The van der Waals surface area contributed by atoms with Crippen molar-refractivity contribution in [3.8, 4) is 11.8 Å². The third-order valence-corrected chi connectivity index (χ3v) is 3.60. The van der Waals surface area contributed by atoms with Gasteiger partial charge < -0.3 is 15.1 Å².